The minimum Gasteiger partial charge on any atom is -0.497 e. The summed E-state index contributed by atoms with van der Waals surface area (Å²) in [7, 11) is -4.45. The maximum atomic E-state index is 13.4. The first-order valence-corrected chi connectivity index (χ1v) is 14.9. The summed E-state index contributed by atoms with van der Waals surface area (Å²) >= 11 is 0. The highest BCUT2D eigenvalue weighted by molar-refractivity contribution is 8.64. The molecule has 3 aromatic carbocycles. The average molecular weight is 509 g/mol. The van der Waals surface area contributed by atoms with Crippen LogP contribution in [0.25, 0.3) is 10.9 Å². The summed E-state index contributed by atoms with van der Waals surface area (Å²) in [5, 5.41) is 1.14. The van der Waals surface area contributed by atoms with E-state index >= 15 is 0 Å². The van der Waals surface area contributed by atoms with Crippen LogP contribution >= 0.6 is 0 Å². The van der Waals surface area contributed by atoms with Crippen molar-refractivity contribution in [3.05, 3.63) is 95.2 Å². The normalized spacial score (nSPS) is 17.3. The number of aryl methyl sites for hydroxylation is 1. The van der Waals surface area contributed by atoms with Crippen LogP contribution in [0.3, 0.4) is 0 Å². The van der Waals surface area contributed by atoms with Crippen molar-refractivity contribution >= 4 is 29.6 Å². The number of methoxy groups -OCH3 is 1. The Labute approximate surface area is 207 Å². The molecule has 0 unspecified atom stereocenters. The van der Waals surface area contributed by atoms with Gasteiger partial charge in [-0.1, -0.05) is 48.0 Å². The minimum atomic E-state index is -3.98. The van der Waals surface area contributed by atoms with Crippen LogP contribution in [0.1, 0.15) is 28.4 Å². The van der Waals surface area contributed by atoms with Gasteiger partial charge in [0.1, 0.15) is 15.6 Å². The number of nitrogens with zero attached hydrogens (tertiary/aromatic N) is 1. The molecule has 1 aliphatic rings. The van der Waals surface area contributed by atoms with Gasteiger partial charge in [0.15, 0.2) is 0 Å². The van der Waals surface area contributed by atoms with Crippen LogP contribution in [-0.4, -0.2) is 41.9 Å². The molecule has 4 aromatic rings. The van der Waals surface area contributed by atoms with Gasteiger partial charge in [0.05, 0.1) is 23.8 Å². The molecule has 2 atom stereocenters. The topological polar surface area (TPSA) is 79.5 Å². The molecular formula is C27H28N2O4S2. The molecule has 5 rings (SSSR count). The van der Waals surface area contributed by atoms with E-state index in [4.69, 9.17) is 4.74 Å². The zero-order valence-electron chi connectivity index (χ0n) is 19.7. The lowest BCUT2D eigenvalue weighted by molar-refractivity contribution is 0.190. The van der Waals surface area contributed by atoms with Crippen molar-refractivity contribution in [3.63, 3.8) is 0 Å². The third-order valence-electron chi connectivity index (χ3n) is 6.66. The van der Waals surface area contributed by atoms with E-state index in [1.807, 2.05) is 49.4 Å². The Morgan fingerprint density at radius 1 is 1.03 bits per heavy atom. The van der Waals surface area contributed by atoms with Crippen LogP contribution in [0.4, 0.5) is 0 Å². The van der Waals surface area contributed by atoms with Crippen molar-refractivity contribution < 1.29 is 17.4 Å². The third kappa shape index (κ3) is 4.66. The molecule has 182 valence electrons. The van der Waals surface area contributed by atoms with Gasteiger partial charge >= 0.3 is 0 Å². The fraction of sp³-hybridized carbons (Fsp3) is 0.259. The Morgan fingerprint density at radius 3 is 2.46 bits per heavy atom. The Kier molecular flexibility index (Phi) is 6.53. The number of fused-ring (bicyclic) bond motifs is 3. The van der Waals surface area contributed by atoms with Crippen LogP contribution in [-0.2, 0) is 31.7 Å². The highest BCUT2D eigenvalue weighted by Gasteiger charge is 2.35. The van der Waals surface area contributed by atoms with Gasteiger partial charge in [0.25, 0.3) is 8.87 Å². The maximum absolute atomic E-state index is 13.4. The Hall–Kier alpha value is -2.94. The van der Waals surface area contributed by atoms with Gasteiger partial charge in [-0.3, -0.25) is 4.90 Å². The average Bonchev–Trinajstić information content (AvgIpc) is 3.25. The molecule has 1 N–H and O–H groups in total. The second-order valence-electron chi connectivity index (χ2n) is 8.88. The van der Waals surface area contributed by atoms with Crippen LogP contribution in [0.5, 0.6) is 5.75 Å². The monoisotopic (exact) mass is 508 g/mol. The summed E-state index contributed by atoms with van der Waals surface area (Å²) in [6, 6.07) is 22.2. The van der Waals surface area contributed by atoms with Crippen LogP contribution < -0.4 is 4.74 Å². The molecule has 0 saturated heterocycles. The molecule has 0 radical (unpaired) electrons. The zero-order chi connectivity index (χ0) is 24.6. The van der Waals surface area contributed by atoms with E-state index in [0.29, 0.717) is 6.54 Å². The molecule has 2 heterocycles. The van der Waals surface area contributed by atoms with Gasteiger partial charge in [-0.15, -0.1) is 0 Å². The van der Waals surface area contributed by atoms with E-state index in [1.54, 1.807) is 19.2 Å². The van der Waals surface area contributed by atoms with Crippen molar-refractivity contribution in [2.24, 2.45) is 0 Å². The van der Waals surface area contributed by atoms with E-state index in [1.165, 1.54) is 17.7 Å². The molecule has 8 heteroatoms. The molecule has 6 nitrogen and oxygen atoms in total. The molecule has 0 aliphatic carbocycles. The highest BCUT2D eigenvalue weighted by atomic mass is 33.2. The van der Waals surface area contributed by atoms with Crippen molar-refractivity contribution in [1.29, 1.82) is 0 Å². The van der Waals surface area contributed by atoms with Crippen LogP contribution in [0.15, 0.2) is 77.7 Å². The standard InChI is InChI=1S/C27H28N2O4S2/c1-19-7-13-22(14-8-19)35(31,32)34(30)18-26-27-24(23-5-3-4-6-25(23)28-27)15-16-29(26)17-20-9-11-21(33-2)12-10-20/h3-14,26,28H,15-18H2,1-2H3/t26-,34+/m1/s1. The number of hydrogen-bond donors (Lipinski definition) is 1. The maximum Gasteiger partial charge on any atom is 0.257 e. The first kappa shape index (κ1) is 23.8. The van der Waals surface area contributed by atoms with E-state index in [0.717, 1.165) is 46.4 Å². The largest absolute Gasteiger partial charge is 0.497 e. The van der Waals surface area contributed by atoms with Gasteiger partial charge in [-0.25, -0.2) is 12.6 Å². The van der Waals surface area contributed by atoms with Crippen LogP contribution in [0, 0.1) is 6.92 Å². The molecule has 0 fully saturated rings. The Morgan fingerprint density at radius 2 is 1.74 bits per heavy atom. The van der Waals surface area contributed by atoms with Crippen molar-refractivity contribution in [1.82, 2.24) is 9.88 Å². The summed E-state index contributed by atoms with van der Waals surface area (Å²) in [6.45, 7) is 3.25. The van der Waals surface area contributed by atoms with Gasteiger partial charge < -0.3 is 9.72 Å². The molecule has 35 heavy (non-hydrogen) atoms. The van der Waals surface area contributed by atoms with Gasteiger partial charge in [-0.05, 0) is 54.8 Å². The lowest BCUT2D eigenvalue weighted by Crippen LogP contribution is -2.38. The predicted molar refractivity (Wildman–Crippen MR) is 140 cm³/mol. The second-order valence-corrected chi connectivity index (χ2v) is 13.6. The zero-order valence-corrected chi connectivity index (χ0v) is 21.4. The number of benzene rings is 3. The number of hydrogen-bond acceptors (Lipinski definition) is 5. The summed E-state index contributed by atoms with van der Waals surface area (Å²) in [5.41, 5.74) is 5.19. The summed E-state index contributed by atoms with van der Waals surface area (Å²) in [4.78, 5) is 5.83. The first-order chi connectivity index (χ1) is 16.9. The molecule has 0 amide bonds. The van der Waals surface area contributed by atoms with Crippen LogP contribution in [0.2, 0.25) is 0 Å². The third-order valence-corrected chi connectivity index (χ3v) is 11.0. The Balaban J connectivity index is 1.50. The molecule has 1 aromatic heterocycles. The summed E-state index contributed by atoms with van der Waals surface area (Å²) in [6.07, 6.45) is 0.837. The fourth-order valence-electron chi connectivity index (χ4n) is 4.74. The minimum absolute atomic E-state index is 0.00775. The van der Waals surface area contributed by atoms with Crippen molar-refractivity contribution in [3.8, 4) is 5.75 Å². The number of nitrogens with one attached hydrogen (secondary N) is 1. The Bertz CT molecular complexity index is 1480. The highest BCUT2D eigenvalue weighted by Crippen LogP contribution is 2.36. The number of H-pyrrole nitrogens is 1. The van der Waals surface area contributed by atoms with Crippen molar-refractivity contribution in [2.45, 2.75) is 30.8 Å². The molecule has 0 spiro atoms. The number of para-hydroxylation sites is 1. The van der Waals surface area contributed by atoms with Gasteiger partial charge in [0.2, 0.25) is 0 Å². The van der Waals surface area contributed by atoms with Gasteiger partial charge in [0, 0.05) is 29.7 Å². The lowest BCUT2D eigenvalue weighted by Gasteiger charge is -2.35. The second kappa shape index (κ2) is 9.60. The fourth-order valence-corrected chi connectivity index (χ4v) is 8.14. The smallest absolute Gasteiger partial charge is 0.257 e. The van der Waals surface area contributed by atoms with E-state index in [2.05, 4.69) is 16.0 Å². The predicted octanol–water partition coefficient (Wildman–Crippen LogP) is 4.72. The lowest BCUT2D eigenvalue weighted by atomic mass is 9.97. The number of aromatic amines is 1. The number of rotatable bonds is 7. The molecule has 1 aliphatic heterocycles. The van der Waals surface area contributed by atoms with E-state index in [-0.39, 0.29) is 16.7 Å². The van der Waals surface area contributed by atoms with Crippen molar-refractivity contribution in [2.75, 3.05) is 19.4 Å². The van der Waals surface area contributed by atoms with E-state index in [9.17, 15) is 12.6 Å². The molecular weight excluding hydrogens is 480 g/mol. The van der Waals surface area contributed by atoms with E-state index < -0.39 is 18.7 Å². The summed E-state index contributed by atoms with van der Waals surface area (Å²) < 4.78 is 45.1. The van der Waals surface area contributed by atoms with Gasteiger partial charge in [-0.2, -0.15) is 0 Å². The SMILES string of the molecule is COc1ccc(CN2CCc3c([nH]c4ccccc34)[C@H]2C[S@@](=O)S(=O)(=O)c2ccc(C)cc2)cc1. The number of aromatic nitrogens is 1. The molecule has 0 bridgehead atoms. The molecule has 0 saturated carbocycles. The first-order valence-electron chi connectivity index (χ1n) is 11.5. The summed E-state index contributed by atoms with van der Waals surface area (Å²) in [5.74, 6) is 0.777. The number of ether oxygens (including phenoxy) is 1. The quantitative estimate of drug-likeness (QED) is 0.366.